The van der Waals surface area contributed by atoms with E-state index in [-0.39, 0.29) is 0 Å². The first kappa shape index (κ1) is 11.1. The molecule has 0 radical (unpaired) electrons. The highest BCUT2D eigenvalue weighted by atomic mass is 79.9. The van der Waals surface area contributed by atoms with Gasteiger partial charge in [0.05, 0.1) is 0 Å². The van der Waals surface area contributed by atoms with Crippen LogP contribution in [0, 0.1) is 0 Å². The molecule has 3 heteroatoms. The van der Waals surface area contributed by atoms with Gasteiger partial charge in [0.25, 0.3) is 0 Å². The highest BCUT2D eigenvalue weighted by Gasteiger charge is 2.10. The Labute approximate surface area is 110 Å². The molecule has 0 spiro atoms. The van der Waals surface area contributed by atoms with Gasteiger partial charge < -0.3 is 10.2 Å². The molecule has 88 valence electrons. The lowest BCUT2D eigenvalue weighted by molar-refractivity contribution is 0.589. The molecule has 1 aliphatic heterocycles. The van der Waals surface area contributed by atoms with Crippen LogP contribution in [0.25, 0.3) is 10.8 Å². The molecule has 2 aromatic rings. The third-order valence-electron chi connectivity index (χ3n) is 3.27. The van der Waals surface area contributed by atoms with Crippen molar-refractivity contribution in [2.45, 2.75) is 0 Å². The number of halogens is 1. The summed E-state index contributed by atoms with van der Waals surface area (Å²) >= 11 is 3.51. The van der Waals surface area contributed by atoms with E-state index in [0.717, 1.165) is 30.7 Å². The number of nitrogens with zero attached hydrogens (tertiary/aromatic N) is 1. The zero-order valence-corrected chi connectivity index (χ0v) is 11.2. The molecule has 3 rings (SSSR count). The normalized spacial score (nSPS) is 16.4. The SMILES string of the molecule is Brc1ccc2cc(N3CCNCC3)ccc2c1. The largest absolute Gasteiger partial charge is 0.369 e. The van der Waals surface area contributed by atoms with E-state index in [2.05, 4.69) is 62.5 Å². The van der Waals surface area contributed by atoms with Gasteiger partial charge in [0.1, 0.15) is 0 Å². The van der Waals surface area contributed by atoms with Crippen LogP contribution in [0.4, 0.5) is 5.69 Å². The van der Waals surface area contributed by atoms with Gasteiger partial charge in [0.2, 0.25) is 0 Å². The first-order chi connectivity index (χ1) is 8.33. The van der Waals surface area contributed by atoms with Crippen molar-refractivity contribution in [1.82, 2.24) is 5.32 Å². The number of benzene rings is 2. The van der Waals surface area contributed by atoms with Gasteiger partial charge >= 0.3 is 0 Å². The molecule has 0 unspecified atom stereocenters. The summed E-state index contributed by atoms with van der Waals surface area (Å²) in [5.74, 6) is 0. The summed E-state index contributed by atoms with van der Waals surface area (Å²) in [6.07, 6.45) is 0. The Bertz CT molecular complexity index is 533. The molecule has 0 atom stereocenters. The van der Waals surface area contributed by atoms with Gasteiger partial charge in [0.15, 0.2) is 0 Å². The van der Waals surface area contributed by atoms with Gasteiger partial charge in [0, 0.05) is 36.3 Å². The van der Waals surface area contributed by atoms with Crippen LogP contribution in [-0.2, 0) is 0 Å². The van der Waals surface area contributed by atoms with E-state index in [4.69, 9.17) is 0 Å². The van der Waals surface area contributed by atoms with Gasteiger partial charge in [-0.25, -0.2) is 0 Å². The van der Waals surface area contributed by atoms with Crippen molar-refractivity contribution in [3.63, 3.8) is 0 Å². The van der Waals surface area contributed by atoms with E-state index < -0.39 is 0 Å². The van der Waals surface area contributed by atoms with E-state index in [9.17, 15) is 0 Å². The lowest BCUT2D eigenvalue weighted by atomic mass is 10.1. The molecule has 0 saturated carbocycles. The van der Waals surface area contributed by atoms with Crippen LogP contribution in [0.1, 0.15) is 0 Å². The number of fused-ring (bicyclic) bond motifs is 1. The number of hydrogen-bond donors (Lipinski definition) is 1. The van der Waals surface area contributed by atoms with E-state index in [0.29, 0.717) is 0 Å². The second-order valence-electron chi connectivity index (χ2n) is 4.41. The molecule has 2 aromatic carbocycles. The Morgan fingerprint density at radius 2 is 1.65 bits per heavy atom. The van der Waals surface area contributed by atoms with Crippen LogP contribution in [0.15, 0.2) is 40.9 Å². The summed E-state index contributed by atoms with van der Waals surface area (Å²) in [6, 6.07) is 13.1. The maximum absolute atomic E-state index is 3.51. The summed E-state index contributed by atoms with van der Waals surface area (Å²) in [5, 5.41) is 5.98. The van der Waals surface area contributed by atoms with Crippen LogP contribution in [0.2, 0.25) is 0 Å². The summed E-state index contributed by atoms with van der Waals surface area (Å²) in [4.78, 5) is 2.44. The lowest BCUT2D eigenvalue weighted by Gasteiger charge is -2.29. The fraction of sp³-hybridized carbons (Fsp3) is 0.286. The van der Waals surface area contributed by atoms with E-state index in [1.54, 1.807) is 0 Å². The van der Waals surface area contributed by atoms with Crippen LogP contribution >= 0.6 is 15.9 Å². The highest BCUT2D eigenvalue weighted by Crippen LogP contribution is 2.25. The Kier molecular flexibility index (Phi) is 3.04. The van der Waals surface area contributed by atoms with E-state index >= 15 is 0 Å². The van der Waals surface area contributed by atoms with Crippen LogP contribution in [-0.4, -0.2) is 26.2 Å². The highest BCUT2D eigenvalue weighted by molar-refractivity contribution is 9.10. The average molecular weight is 291 g/mol. The van der Waals surface area contributed by atoms with Gasteiger partial charge in [-0.1, -0.05) is 28.1 Å². The lowest BCUT2D eigenvalue weighted by Crippen LogP contribution is -2.43. The second kappa shape index (κ2) is 4.67. The molecule has 1 saturated heterocycles. The van der Waals surface area contributed by atoms with Crippen molar-refractivity contribution in [3.05, 3.63) is 40.9 Å². The van der Waals surface area contributed by atoms with Crippen molar-refractivity contribution in [2.24, 2.45) is 0 Å². The molecule has 0 aliphatic carbocycles. The van der Waals surface area contributed by atoms with Gasteiger partial charge in [-0.2, -0.15) is 0 Å². The molecule has 0 aromatic heterocycles. The van der Waals surface area contributed by atoms with E-state index in [1.807, 2.05) is 0 Å². The predicted octanol–water partition coefficient (Wildman–Crippen LogP) is 3.01. The molecule has 1 N–H and O–H groups in total. The minimum Gasteiger partial charge on any atom is -0.369 e. The minimum absolute atomic E-state index is 1.08. The van der Waals surface area contributed by atoms with Crippen molar-refractivity contribution >= 4 is 32.4 Å². The summed E-state index contributed by atoms with van der Waals surface area (Å²) in [5.41, 5.74) is 1.33. The average Bonchev–Trinajstić information content (AvgIpc) is 2.39. The topological polar surface area (TPSA) is 15.3 Å². The quantitative estimate of drug-likeness (QED) is 0.869. The molecular weight excluding hydrogens is 276 g/mol. The fourth-order valence-electron chi connectivity index (χ4n) is 2.32. The zero-order chi connectivity index (χ0) is 11.7. The first-order valence-electron chi connectivity index (χ1n) is 5.98. The first-order valence-corrected chi connectivity index (χ1v) is 6.77. The second-order valence-corrected chi connectivity index (χ2v) is 5.33. The molecule has 1 fully saturated rings. The maximum Gasteiger partial charge on any atom is 0.0373 e. The van der Waals surface area contributed by atoms with Crippen LogP contribution in [0.3, 0.4) is 0 Å². The van der Waals surface area contributed by atoms with Crippen LogP contribution in [0.5, 0.6) is 0 Å². The third kappa shape index (κ3) is 2.31. The predicted molar refractivity (Wildman–Crippen MR) is 76.7 cm³/mol. The number of piperazine rings is 1. The van der Waals surface area contributed by atoms with E-state index in [1.165, 1.54) is 16.5 Å². The maximum atomic E-state index is 3.51. The summed E-state index contributed by atoms with van der Waals surface area (Å²) in [6.45, 7) is 4.36. The number of hydrogen-bond acceptors (Lipinski definition) is 2. The molecule has 0 bridgehead atoms. The Morgan fingerprint density at radius 3 is 2.47 bits per heavy atom. The number of anilines is 1. The Hall–Kier alpha value is -1.06. The van der Waals surface area contributed by atoms with Gasteiger partial charge in [-0.05, 0) is 35.0 Å². The monoisotopic (exact) mass is 290 g/mol. The molecule has 17 heavy (non-hydrogen) atoms. The molecule has 1 aliphatic rings. The van der Waals surface area contributed by atoms with Gasteiger partial charge in [-0.3, -0.25) is 0 Å². The third-order valence-corrected chi connectivity index (χ3v) is 3.76. The van der Waals surface area contributed by atoms with Gasteiger partial charge in [-0.15, -0.1) is 0 Å². The number of nitrogens with one attached hydrogen (secondary N) is 1. The van der Waals surface area contributed by atoms with Crippen molar-refractivity contribution in [3.8, 4) is 0 Å². The zero-order valence-electron chi connectivity index (χ0n) is 9.62. The molecular formula is C14H15BrN2. The molecule has 1 heterocycles. The summed E-state index contributed by atoms with van der Waals surface area (Å²) in [7, 11) is 0. The Balaban J connectivity index is 1.98. The standard InChI is InChI=1S/C14H15BrN2/c15-13-3-1-12-10-14(4-2-11(12)9-13)17-7-5-16-6-8-17/h1-4,9-10,16H,5-8H2. The molecule has 0 amide bonds. The minimum atomic E-state index is 1.08. The smallest absolute Gasteiger partial charge is 0.0373 e. The van der Waals surface area contributed by atoms with Crippen molar-refractivity contribution in [2.75, 3.05) is 31.1 Å². The van der Waals surface area contributed by atoms with Crippen LogP contribution < -0.4 is 10.2 Å². The fourth-order valence-corrected chi connectivity index (χ4v) is 2.70. The van der Waals surface area contributed by atoms with Crippen molar-refractivity contribution in [1.29, 1.82) is 0 Å². The Morgan fingerprint density at radius 1 is 0.941 bits per heavy atom. The summed E-state index contributed by atoms with van der Waals surface area (Å²) < 4.78 is 1.14. The van der Waals surface area contributed by atoms with Crippen molar-refractivity contribution < 1.29 is 0 Å². The number of rotatable bonds is 1. The molecule has 2 nitrogen and oxygen atoms in total.